The Morgan fingerprint density at radius 1 is 0.970 bits per heavy atom. The summed E-state index contributed by atoms with van der Waals surface area (Å²) < 4.78 is 10.9. The lowest BCUT2D eigenvalue weighted by Gasteiger charge is -2.37. The molecule has 33 heavy (non-hydrogen) atoms. The first-order valence-corrected chi connectivity index (χ1v) is 12.0. The monoisotopic (exact) mass is 452 g/mol. The molecule has 2 aliphatic rings. The number of carbonyl (C=O) groups is 1. The van der Waals surface area contributed by atoms with Gasteiger partial charge in [-0.2, -0.15) is 0 Å². The maximum Gasteiger partial charge on any atom is 0.241 e. The highest BCUT2D eigenvalue weighted by Gasteiger charge is 2.25. The van der Waals surface area contributed by atoms with E-state index in [2.05, 4.69) is 44.3 Å². The molecule has 0 saturated carbocycles. The summed E-state index contributed by atoms with van der Waals surface area (Å²) in [6, 6.07) is 16.3. The van der Waals surface area contributed by atoms with Crippen molar-refractivity contribution in [3.05, 3.63) is 54.1 Å². The van der Waals surface area contributed by atoms with Gasteiger partial charge in [0.15, 0.2) is 0 Å². The molecule has 7 heteroatoms. The molecule has 0 aromatic heterocycles. The minimum atomic E-state index is -0.156. The normalized spacial score (nSPS) is 18.7. The molecule has 4 rings (SSSR count). The zero-order valence-corrected chi connectivity index (χ0v) is 19.8. The first kappa shape index (κ1) is 23.5. The first-order valence-electron chi connectivity index (χ1n) is 12.0. The topological polar surface area (TPSA) is 57.3 Å². The predicted molar refractivity (Wildman–Crippen MR) is 132 cm³/mol. The van der Waals surface area contributed by atoms with Crippen LogP contribution in [0.4, 0.5) is 11.4 Å². The van der Waals surface area contributed by atoms with Crippen molar-refractivity contribution >= 4 is 17.3 Å². The summed E-state index contributed by atoms with van der Waals surface area (Å²) in [5.41, 5.74) is 3.31. The third-order valence-corrected chi connectivity index (χ3v) is 6.49. The molecule has 2 aliphatic heterocycles. The molecule has 1 atom stereocenters. The van der Waals surface area contributed by atoms with Crippen LogP contribution in [0.25, 0.3) is 0 Å². The minimum Gasteiger partial charge on any atom is -0.494 e. The summed E-state index contributed by atoms with van der Waals surface area (Å²) in [4.78, 5) is 19.9. The summed E-state index contributed by atoms with van der Waals surface area (Å²) in [6.07, 6.45) is 0. The SMILES string of the molecule is CCOc1ccc(CN2CCN(C(C)C(=O)Nc3ccc(N4CCOCC4)cc3)CC2)cc1. The van der Waals surface area contributed by atoms with Gasteiger partial charge < -0.3 is 19.7 Å². The van der Waals surface area contributed by atoms with Crippen LogP contribution in [0.15, 0.2) is 48.5 Å². The van der Waals surface area contributed by atoms with Crippen LogP contribution in [0.3, 0.4) is 0 Å². The Hall–Kier alpha value is -2.61. The van der Waals surface area contributed by atoms with E-state index in [-0.39, 0.29) is 11.9 Å². The molecular formula is C26H36N4O3. The van der Waals surface area contributed by atoms with Crippen molar-refractivity contribution in [1.29, 1.82) is 0 Å². The van der Waals surface area contributed by atoms with E-state index in [0.29, 0.717) is 6.61 Å². The fraction of sp³-hybridized carbons (Fsp3) is 0.500. The molecule has 2 aromatic carbocycles. The second-order valence-electron chi connectivity index (χ2n) is 8.70. The lowest BCUT2D eigenvalue weighted by atomic mass is 10.1. The van der Waals surface area contributed by atoms with Crippen molar-refractivity contribution < 1.29 is 14.3 Å². The zero-order chi connectivity index (χ0) is 23.0. The van der Waals surface area contributed by atoms with Crippen LogP contribution in [0, 0.1) is 0 Å². The highest BCUT2D eigenvalue weighted by atomic mass is 16.5. The van der Waals surface area contributed by atoms with E-state index in [1.54, 1.807) is 0 Å². The van der Waals surface area contributed by atoms with Crippen LogP contribution in [0.5, 0.6) is 5.75 Å². The predicted octanol–water partition coefficient (Wildman–Crippen LogP) is 3.07. The highest BCUT2D eigenvalue weighted by Crippen LogP contribution is 2.20. The van der Waals surface area contributed by atoms with E-state index >= 15 is 0 Å². The number of morpholine rings is 1. The molecule has 0 spiro atoms. The second kappa shape index (κ2) is 11.5. The number of nitrogens with one attached hydrogen (secondary N) is 1. The summed E-state index contributed by atoms with van der Waals surface area (Å²) in [6.45, 7) is 12.7. The molecule has 1 N–H and O–H groups in total. The number of rotatable bonds is 8. The summed E-state index contributed by atoms with van der Waals surface area (Å²) >= 11 is 0. The van der Waals surface area contributed by atoms with Gasteiger partial charge in [-0.25, -0.2) is 0 Å². The summed E-state index contributed by atoms with van der Waals surface area (Å²) in [7, 11) is 0. The van der Waals surface area contributed by atoms with Crippen LogP contribution < -0.4 is 15.0 Å². The van der Waals surface area contributed by atoms with Gasteiger partial charge in [-0.05, 0) is 55.8 Å². The Morgan fingerprint density at radius 3 is 2.27 bits per heavy atom. The number of piperazine rings is 1. The van der Waals surface area contributed by atoms with Crippen molar-refractivity contribution in [2.75, 3.05) is 69.3 Å². The van der Waals surface area contributed by atoms with Gasteiger partial charge in [0.05, 0.1) is 25.9 Å². The molecule has 2 saturated heterocycles. The van der Waals surface area contributed by atoms with E-state index < -0.39 is 0 Å². The fourth-order valence-electron chi connectivity index (χ4n) is 4.41. The standard InChI is InChI=1S/C26H36N4O3/c1-3-33-25-10-4-22(5-11-25)20-28-12-14-29(15-13-28)21(2)26(31)27-23-6-8-24(9-7-23)30-16-18-32-19-17-30/h4-11,21H,3,12-20H2,1-2H3,(H,27,31). The minimum absolute atomic E-state index is 0.0501. The Balaban J connectivity index is 1.22. The van der Waals surface area contributed by atoms with E-state index in [0.717, 1.165) is 70.5 Å². The number of amides is 1. The van der Waals surface area contributed by atoms with E-state index in [1.165, 1.54) is 11.3 Å². The quantitative estimate of drug-likeness (QED) is 0.664. The molecule has 7 nitrogen and oxygen atoms in total. The number of anilines is 2. The van der Waals surface area contributed by atoms with Gasteiger partial charge in [0.1, 0.15) is 5.75 Å². The van der Waals surface area contributed by atoms with Crippen molar-refractivity contribution in [1.82, 2.24) is 9.80 Å². The maximum absolute atomic E-state index is 12.9. The van der Waals surface area contributed by atoms with E-state index in [4.69, 9.17) is 9.47 Å². The van der Waals surface area contributed by atoms with Gasteiger partial charge in [0.2, 0.25) is 5.91 Å². The molecule has 0 radical (unpaired) electrons. The molecule has 0 aliphatic carbocycles. The average molecular weight is 453 g/mol. The van der Waals surface area contributed by atoms with Crippen LogP contribution in [0.1, 0.15) is 19.4 Å². The Kier molecular flexibility index (Phi) is 8.20. The number of nitrogens with zero attached hydrogens (tertiary/aromatic N) is 3. The Bertz CT molecular complexity index is 873. The largest absolute Gasteiger partial charge is 0.494 e. The summed E-state index contributed by atoms with van der Waals surface area (Å²) in [5, 5.41) is 3.09. The van der Waals surface area contributed by atoms with Gasteiger partial charge in [-0.15, -0.1) is 0 Å². The molecule has 178 valence electrons. The molecule has 0 bridgehead atoms. The van der Waals surface area contributed by atoms with Crippen molar-refractivity contribution in [3.8, 4) is 5.75 Å². The number of carbonyl (C=O) groups excluding carboxylic acids is 1. The average Bonchev–Trinajstić information content (AvgIpc) is 2.86. The number of ether oxygens (including phenoxy) is 2. The Morgan fingerprint density at radius 2 is 1.64 bits per heavy atom. The molecule has 2 fully saturated rings. The fourth-order valence-corrected chi connectivity index (χ4v) is 4.41. The lowest BCUT2D eigenvalue weighted by molar-refractivity contribution is -0.121. The van der Waals surface area contributed by atoms with Crippen LogP contribution in [0.2, 0.25) is 0 Å². The lowest BCUT2D eigenvalue weighted by Crippen LogP contribution is -2.52. The smallest absolute Gasteiger partial charge is 0.241 e. The van der Waals surface area contributed by atoms with Gasteiger partial charge in [0.25, 0.3) is 0 Å². The van der Waals surface area contributed by atoms with E-state index in [9.17, 15) is 4.79 Å². The molecule has 2 heterocycles. The van der Waals surface area contributed by atoms with Crippen LogP contribution >= 0.6 is 0 Å². The van der Waals surface area contributed by atoms with Gasteiger partial charge in [-0.3, -0.25) is 14.6 Å². The van der Waals surface area contributed by atoms with E-state index in [1.807, 2.05) is 38.1 Å². The Labute approximate surface area is 197 Å². The molecular weight excluding hydrogens is 416 g/mol. The van der Waals surface area contributed by atoms with Gasteiger partial charge in [-0.1, -0.05) is 12.1 Å². The number of hydrogen-bond donors (Lipinski definition) is 1. The van der Waals surface area contributed by atoms with Crippen molar-refractivity contribution in [2.45, 2.75) is 26.4 Å². The maximum atomic E-state index is 12.9. The third-order valence-electron chi connectivity index (χ3n) is 6.49. The zero-order valence-electron chi connectivity index (χ0n) is 19.8. The second-order valence-corrected chi connectivity index (χ2v) is 8.70. The van der Waals surface area contributed by atoms with Crippen LogP contribution in [-0.2, 0) is 16.1 Å². The number of benzene rings is 2. The molecule has 1 amide bonds. The van der Waals surface area contributed by atoms with Crippen LogP contribution in [-0.4, -0.2) is 80.8 Å². The first-order chi connectivity index (χ1) is 16.1. The van der Waals surface area contributed by atoms with Crippen molar-refractivity contribution in [3.63, 3.8) is 0 Å². The van der Waals surface area contributed by atoms with Crippen molar-refractivity contribution in [2.24, 2.45) is 0 Å². The van der Waals surface area contributed by atoms with Gasteiger partial charge >= 0.3 is 0 Å². The molecule has 1 unspecified atom stereocenters. The third kappa shape index (κ3) is 6.47. The summed E-state index contributed by atoms with van der Waals surface area (Å²) in [5.74, 6) is 0.968. The molecule has 2 aromatic rings. The van der Waals surface area contributed by atoms with Gasteiger partial charge in [0, 0.05) is 57.2 Å². The number of hydrogen-bond acceptors (Lipinski definition) is 6. The highest BCUT2D eigenvalue weighted by molar-refractivity contribution is 5.94.